The number of rotatable bonds is 6. The molecule has 31 heavy (non-hydrogen) atoms. The number of carbonyl (C=O) groups is 1. The van der Waals surface area contributed by atoms with Gasteiger partial charge in [-0.2, -0.15) is 5.10 Å². The number of sulfone groups is 1. The fraction of sp³-hybridized carbons (Fsp3) is 0.368. The maximum Gasteiger partial charge on any atom is 0.325 e. The van der Waals surface area contributed by atoms with Crippen molar-refractivity contribution in [2.75, 3.05) is 28.6 Å². The first kappa shape index (κ1) is 21.2. The van der Waals surface area contributed by atoms with E-state index < -0.39 is 15.9 Å². The molecule has 3 N–H and O–H groups in total. The van der Waals surface area contributed by atoms with Crippen LogP contribution in [0.2, 0.25) is 0 Å². The molecule has 1 saturated heterocycles. The molecule has 1 aliphatic heterocycles. The number of aryl methyl sites for hydroxylation is 1. The molecule has 1 fully saturated rings. The van der Waals surface area contributed by atoms with Crippen molar-refractivity contribution in [2.24, 2.45) is 0 Å². The van der Waals surface area contributed by atoms with Gasteiger partial charge in [0, 0.05) is 24.2 Å². The molecule has 0 spiro atoms. The summed E-state index contributed by atoms with van der Waals surface area (Å²) in [5.41, 5.74) is 2.87. The molecular formula is C19H23N7O3S2. The van der Waals surface area contributed by atoms with Crippen LogP contribution in [0.15, 0.2) is 35.9 Å². The van der Waals surface area contributed by atoms with Crippen LogP contribution in [-0.4, -0.2) is 47.7 Å². The summed E-state index contributed by atoms with van der Waals surface area (Å²) in [6.07, 6.45) is 6.07. The van der Waals surface area contributed by atoms with Crippen LogP contribution in [0.1, 0.15) is 29.7 Å². The van der Waals surface area contributed by atoms with Gasteiger partial charge in [-0.15, -0.1) is 11.3 Å². The quantitative estimate of drug-likeness (QED) is 0.513. The number of thiazole rings is 1. The number of carbonyl (C=O) groups excluding carboxylic acids is 1. The van der Waals surface area contributed by atoms with Crippen LogP contribution in [0.4, 0.5) is 21.3 Å². The molecule has 1 aromatic carbocycles. The summed E-state index contributed by atoms with van der Waals surface area (Å²) in [4.78, 5) is 23.1. The minimum atomic E-state index is -3.65. The first-order valence-electron chi connectivity index (χ1n) is 9.87. The van der Waals surface area contributed by atoms with Gasteiger partial charge < -0.3 is 10.2 Å². The largest absolute Gasteiger partial charge is 0.370 e. The monoisotopic (exact) mass is 461 g/mol. The number of amides is 2. The fourth-order valence-electron chi connectivity index (χ4n) is 3.43. The van der Waals surface area contributed by atoms with Crippen molar-refractivity contribution in [3.05, 3.63) is 41.2 Å². The Bertz CT molecular complexity index is 1150. The third-order valence-corrected chi connectivity index (χ3v) is 7.46. The van der Waals surface area contributed by atoms with Gasteiger partial charge in [-0.1, -0.05) is 6.07 Å². The first-order valence-corrected chi connectivity index (χ1v) is 12.3. The molecule has 10 nitrogen and oxygen atoms in total. The number of nitrogens with zero attached hydrogens (tertiary/aromatic N) is 4. The molecule has 4 rings (SSSR count). The average Bonchev–Trinajstić information content (AvgIpc) is 3.42. The predicted octanol–water partition coefficient (Wildman–Crippen LogP) is 3.18. The zero-order valence-electron chi connectivity index (χ0n) is 17.0. The lowest BCUT2D eigenvalue weighted by atomic mass is 10.1. The fourth-order valence-corrected chi connectivity index (χ4v) is 5.72. The summed E-state index contributed by atoms with van der Waals surface area (Å²) in [5.74, 6) is -0.278. The molecule has 164 valence electrons. The van der Waals surface area contributed by atoms with E-state index in [-0.39, 0.29) is 10.9 Å². The highest BCUT2D eigenvalue weighted by Gasteiger charge is 2.21. The number of piperidine rings is 1. The molecule has 0 radical (unpaired) electrons. The number of hydrogen-bond donors (Lipinski definition) is 3. The molecule has 1 aliphatic rings. The summed E-state index contributed by atoms with van der Waals surface area (Å²) in [7, 11) is -3.65. The lowest BCUT2D eigenvalue weighted by molar-refractivity contribution is 0.262. The first-order chi connectivity index (χ1) is 14.9. The molecule has 3 aromatic rings. The van der Waals surface area contributed by atoms with E-state index in [1.165, 1.54) is 12.6 Å². The van der Waals surface area contributed by atoms with Crippen molar-refractivity contribution in [1.29, 1.82) is 0 Å². The van der Waals surface area contributed by atoms with Gasteiger partial charge in [0.15, 0.2) is 5.13 Å². The maximum atomic E-state index is 12.6. The Balaban J connectivity index is 1.42. The van der Waals surface area contributed by atoms with E-state index >= 15 is 0 Å². The number of aromatic amines is 1. The molecule has 0 aliphatic carbocycles. The molecule has 0 saturated carbocycles. The number of anilines is 3. The third kappa shape index (κ3) is 5.20. The summed E-state index contributed by atoms with van der Waals surface area (Å²) in [5, 5.41) is 11.6. The second-order valence-electron chi connectivity index (χ2n) is 7.33. The van der Waals surface area contributed by atoms with E-state index in [9.17, 15) is 13.2 Å². The average molecular weight is 462 g/mol. The molecule has 2 aromatic heterocycles. The Kier molecular flexibility index (Phi) is 6.18. The zero-order valence-corrected chi connectivity index (χ0v) is 18.6. The molecule has 12 heteroatoms. The Morgan fingerprint density at radius 2 is 2.00 bits per heavy atom. The SMILES string of the molecule is Cc1ccc(NC(=O)Nc2ncc(CS(=O)(=O)c3ncn[nH]3)s2)c(N2CCCCC2)c1. The lowest BCUT2D eigenvalue weighted by Gasteiger charge is -2.30. The van der Waals surface area contributed by atoms with Crippen molar-refractivity contribution in [1.82, 2.24) is 20.2 Å². The van der Waals surface area contributed by atoms with Crippen molar-refractivity contribution in [3.63, 3.8) is 0 Å². The van der Waals surface area contributed by atoms with Crippen LogP contribution in [0.25, 0.3) is 0 Å². The van der Waals surface area contributed by atoms with Gasteiger partial charge in [-0.05, 0) is 43.9 Å². The Morgan fingerprint density at radius 3 is 2.74 bits per heavy atom. The third-order valence-electron chi connectivity index (χ3n) is 4.89. The molecule has 0 atom stereocenters. The van der Waals surface area contributed by atoms with Crippen LogP contribution >= 0.6 is 11.3 Å². The highest BCUT2D eigenvalue weighted by Crippen LogP contribution is 2.30. The van der Waals surface area contributed by atoms with Crippen molar-refractivity contribution in [3.8, 4) is 0 Å². The van der Waals surface area contributed by atoms with Gasteiger partial charge in [0.1, 0.15) is 6.33 Å². The van der Waals surface area contributed by atoms with Crippen LogP contribution < -0.4 is 15.5 Å². The molecular weight excluding hydrogens is 438 g/mol. The van der Waals surface area contributed by atoms with E-state index in [1.54, 1.807) is 0 Å². The van der Waals surface area contributed by atoms with Crippen LogP contribution in [0.5, 0.6) is 0 Å². The second-order valence-corrected chi connectivity index (χ2v) is 10.3. The second kappa shape index (κ2) is 9.02. The number of aromatic nitrogens is 4. The van der Waals surface area contributed by atoms with E-state index in [0.717, 1.165) is 60.5 Å². The van der Waals surface area contributed by atoms with Crippen LogP contribution in [0, 0.1) is 6.92 Å². The Morgan fingerprint density at radius 1 is 1.19 bits per heavy atom. The molecule has 0 bridgehead atoms. The summed E-state index contributed by atoms with van der Waals surface area (Å²) in [6.45, 7) is 3.96. The number of hydrogen-bond acceptors (Lipinski definition) is 8. The standard InChI is InChI=1S/C19H23N7O3S2/c1-13-5-6-15(16(9-13)26-7-3-2-4-8-26)23-17(27)24-18-20-10-14(30-18)11-31(28,29)19-21-12-22-25-19/h5-6,9-10,12H,2-4,7-8,11H2,1H3,(H,21,22,25)(H2,20,23,24,27). The minimum absolute atomic E-state index is 0.197. The maximum absolute atomic E-state index is 12.6. The number of H-pyrrole nitrogens is 1. The highest BCUT2D eigenvalue weighted by atomic mass is 32.2. The normalized spacial score (nSPS) is 14.4. The van der Waals surface area contributed by atoms with E-state index in [4.69, 9.17) is 0 Å². The van der Waals surface area contributed by atoms with Crippen LogP contribution in [-0.2, 0) is 15.6 Å². The zero-order chi connectivity index (χ0) is 21.8. The van der Waals surface area contributed by atoms with Gasteiger partial charge in [0.2, 0.25) is 15.0 Å². The summed E-state index contributed by atoms with van der Waals surface area (Å²) in [6, 6.07) is 5.51. The summed E-state index contributed by atoms with van der Waals surface area (Å²) < 4.78 is 24.6. The highest BCUT2D eigenvalue weighted by molar-refractivity contribution is 7.90. The number of benzene rings is 1. The summed E-state index contributed by atoms with van der Waals surface area (Å²) >= 11 is 1.10. The smallest absolute Gasteiger partial charge is 0.325 e. The van der Waals surface area contributed by atoms with Gasteiger partial charge in [-0.25, -0.2) is 23.2 Å². The lowest BCUT2D eigenvalue weighted by Crippen LogP contribution is -2.31. The van der Waals surface area contributed by atoms with E-state index in [0.29, 0.717) is 10.0 Å². The Labute approximate surface area is 184 Å². The Hall–Kier alpha value is -2.99. The molecule has 2 amide bonds. The van der Waals surface area contributed by atoms with Crippen molar-refractivity contribution < 1.29 is 13.2 Å². The van der Waals surface area contributed by atoms with Gasteiger partial charge in [-0.3, -0.25) is 10.4 Å². The number of nitrogens with one attached hydrogen (secondary N) is 3. The number of urea groups is 1. The van der Waals surface area contributed by atoms with Gasteiger partial charge in [0.05, 0.1) is 17.1 Å². The van der Waals surface area contributed by atoms with Crippen LogP contribution in [0.3, 0.4) is 0 Å². The van der Waals surface area contributed by atoms with Crippen molar-refractivity contribution >= 4 is 43.7 Å². The van der Waals surface area contributed by atoms with Crippen molar-refractivity contribution in [2.45, 2.75) is 37.1 Å². The van der Waals surface area contributed by atoms with Gasteiger partial charge in [0.25, 0.3) is 0 Å². The van der Waals surface area contributed by atoms with Gasteiger partial charge >= 0.3 is 6.03 Å². The minimum Gasteiger partial charge on any atom is -0.370 e. The predicted molar refractivity (Wildman–Crippen MR) is 119 cm³/mol. The van der Waals surface area contributed by atoms with E-state index in [1.807, 2.05) is 19.1 Å². The van der Waals surface area contributed by atoms with E-state index in [2.05, 4.69) is 41.8 Å². The molecule has 0 unspecified atom stereocenters. The molecule has 3 heterocycles. The topological polar surface area (TPSA) is 133 Å².